The molecule has 0 bridgehead atoms. The van der Waals surface area contributed by atoms with Gasteiger partial charge in [-0.15, -0.1) is 0 Å². The molecule has 1 aliphatic heterocycles. The molecule has 0 spiro atoms. The van der Waals surface area contributed by atoms with E-state index in [-0.39, 0.29) is 6.03 Å². The third kappa shape index (κ3) is 2.84. The minimum Gasteiger partial charge on any atom is -0.466 e. The van der Waals surface area contributed by atoms with Crippen LogP contribution in [0.5, 0.6) is 0 Å². The van der Waals surface area contributed by atoms with Crippen LogP contribution in [0, 0.1) is 0 Å². The summed E-state index contributed by atoms with van der Waals surface area (Å²) < 4.78 is 4.82. The zero-order valence-corrected chi connectivity index (χ0v) is 13.2. The van der Waals surface area contributed by atoms with Crippen molar-refractivity contribution >= 4 is 35.2 Å². The lowest BCUT2D eigenvalue weighted by Crippen LogP contribution is -2.46. The molecule has 0 fully saturated rings. The van der Waals surface area contributed by atoms with Gasteiger partial charge in [-0.25, -0.2) is 9.59 Å². The third-order valence-corrected chi connectivity index (χ3v) is 4.18. The number of nitrogens with zero attached hydrogens (tertiary/aromatic N) is 1. The minimum absolute atomic E-state index is 0.309. The van der Waals surface area contributed by atoms with Crippen LogP contribution >= 0.6 is 23.2 Å². The van der Waals surface area contributed by atoms with Crippen LogP contribution in [0.25, 0.3) is 0 Å². The summed E-state index contributed by atoms with van der Waals surface area (Å²) in [5, 5.41) is 3.51. The third-order valence-electron chi connectivity index (χ3n) is 3.44. The Morgan fingerprint density at radius 2 is 2.00 bits per heavy atom. The van der Waals surface area contributed by atoms with Gasteiger partial charge in [-0.2, -0.15) is 0 Å². The predicted octanol–water partition coefficient (Wildman–Crippen LogP) is 3.14. The number of halogens is 2. The highest BCUT2D eigenvalue weighted by molar-refractivity contribution is 6.42. The SMILES string of the molecule is COC(=O)C1=C(C)N(C)C(=O)N[C@H]1c1ccc(Cl)c(Cl)c1. The normalized spacial score (nSPS) is 18.6. The summed E-state index contributed by atoms with van der Waals surface area (Å²) in [6.45, 7) is 1.69. The largest absolute Gasteiger partial charge is 0.466 e. The van der Waals surface area contributed by atoms with Crippen molar-refractivity contribution in [2.75, 3.05) is 14.2 Å². The van der Waals surface area contributed by atoms with Crippen molar-refractivity contribution in [1.29, 1.82) is 0 Å². The second kappa shape index (κ2) is 5.95. The first kappa shape index (κ1) is 15.7. The van der Waals surface area contributed by atoms with E-state index in [9.17, 15) is 9.59 Å². The fraction of sp³-hybridized carbons (Fsp3) is 0.286. The zero-order chi connectivity index (χ0) is 15.7. The molecule has 0 aromatic heterocycles. The smallest absolute Gasteiger partial charge is 0.337 e. The number of rotatable bonds is 2. The first-order chi connectivity index (χ1) is 9.86. The monoisotopic (exact) mass is 328 g/mol. The van der Waals surface area contributed by atoms with Crippen molar-refractivity contribution in [3.63, 3.8) is 0 Å². The first-order valence-corrected chi connectivity index (χ1v) is 6.90. The second-order valence-electron chi connectivity index (χ2n) is 4.61. The summed E-state index contributed by atoms with van der Waals surface area (Å²) in [5.74, 6) is -0.504. The van der Waals surface area contributed by atoms with Gasteiger partial charge in [-0.3, -0.25) is 0 Å². The molecule has 112 valence electrons. The van der Waals surface area contributed by atoms with E-state index in [1.165, 1.54) is 12.0 Å². The summed E-state index contributed by atoms with van der Waals surface area (Å²) in [4.78, 5) is 25.4. The Labute approximate surface area is 132 Å². The first-order valence-electron chi connectivity index (χ1n) is 6.15. The van der Waals surface area contributed by atoms with Crippen LogP contribution in [0.1, 0.15) is 18.5 Å². The standard InChI is InChI=1S/C14H14Cl2N2O3/c1-7-11(13(19)21-3)12(17-14(20)18(7)2)8-4-5-9(15)10(16)6-8/h4-6,12H,1-3H3,(H,17,20)/t12-/m0/s1. The van der Waals surface area contributed by atoms with Crippen LogP contribution in [0.2, 0.25) is 10.0 Å². The molecule has 1 heterocycles. The molecule has 0 aliphatic carbocycles. The molecule has 5 nitrogen and oxygen atoms in total. The molecule has 0 radical (unpaired) electrons. The van der Waals surface area contributed by atoms with Crippen LogP contribution in [0.4, 0.5) is 4.79 Å². The molecule has 0 saturated heterocycles. The van der Waals surface area contributed by atoms with Gasteiger partial charge in [0.15, 0.2) is 0 Å². The number of esters is 1. The number of allylic oxidation sites excluding steroid dienone is 1. The topological polar surface area (TPSA) is 58.6 Å². The minimum atomic E-state index is -0.629. The molecule has 1 atom stereocenters. The maximum Gasteiger partial charge on any atom is 0.337 e. The highest BCUT2D eigenvalue weighted by Crippen LogP contribution is 2.33. The van der Waals surface area contributed by atoms with Crippen molar-refractivity contribution in [1.82, 2.24) is 10.2 Å². The van der Waals surface area contributed by atoms with Gasteiger partial charge >= 0.3 is 12.0 Å². The molecule has 1 aromatic carbocycles. The van der Waals surface area contributed by atoms with Crippen LogP contribution in [-0.2, 0) is 9.53 Å². The van der Waals surface area contributed by atoms with Gasteiger partial charge in [0.1, 0.15) is 0 Å². The molecule has 1 aromatic rings. The molecule has 0 saturated carbocycles. The fourth-order valence-electron chi connectivity index (χ4n) is 2.15. The Balaban J connectivity index is 2.56. The molecule has 7 heteroatoms. The molecule has 1 N–H and O–H groups in total. The van der Waals surface area contributed by atoms with E-state index < -0.39 is 12.0 Å². The lowest BCUT2D eigenvalue weighted by Gasteiger charge is -2.33. The molecule has 0 unspecified atom stereocenters. The number of carbonyl (C=O) groups excluding carboxylic acids is 2. The number of carbonyl (C=O) groups is 2. The van der Waals surface area contributed by atoms with Crippen LogP contribution in [-0.4, -0.2) is 31.1 Å². The maximum atomic E-state index is 12.0. The molecular weight excluding hydrogens is 315 g/mol. The van der Waals surface area contributed by atoms with Crippen molar-refractivity contribution in [3.05, 3.63) is 45.1 Å². The van der Waals surface area contributed by atoms with Gasteiger partial charge in [0, 0.05) is 12.7 Å². The van der Waals surface area contributed by atoms with Gasteiger partial charge in [0.05, 0.1) is 28.8 Å². The number of methoxy groups -OCH3 is 1. The highest BCUT2D eigenvalue weighted by atomic mass is 35.5. The summed E-state index contributed by atoms with van der Waals surface area (Å²) in [5.41, 5.74) is 1.55. The van der Waals surface area contributed by atoms with E-state index in [1.807, 2.05) is 0 Å². The number of ether oxygens (including phenoxy) is 1. The summed E-state index contributed by atoms with van der Waals surface area (Å²) in [7, 11) is 2.88. The zero-order valence-electron chi connectivity index (χ0n) is 11.7. The van der Waals surface area contributed by atoms with Gasteiger partial charge in [-0.05, 0) is 24.6 Å². The maximum absolute atomic E-state index is 12.0. The number of hydrogen-bond donors (Lipinski definition) is 1. The lowest BCUT2D eigenvalue weighted by atomic mass is 9.95. The van der Waals surface area contributed by atoms with Gasteiger partial charge < -0.3 is 15.0 Å². The molecule has 21 heavy (non-hydrogen) atoms. The average Bonchev–Trinajstić information content (AvgIpc) is 2.46. The van der Waals surface area contributed by atoms with Gasteiger partial charge in [0.2, 0.25) is 0 Å². The molecule has 1 aliphatic rings. The van der Waals surface area contributed by atoms with E-state index in [4.69, 9.17) is 27.9 Å². The summed E-state index contributed by atoms with van der Waals surface area (Å²) in [6.07, 6.45) is 0. The number of nitrogens with one attached hydrogen (secondary N) is 1. The van der Waals surface area contributed by atoms with E-state index in [0.717, 1.165) is 0 Å². The average molecular weight is 329 g/mol. The molecular formula is C14H14Cl2N2O3. The second-order valence-corrected chi connectivity index (χ2v) is 5.42. The number of benzene rings is 1. The van der Waals surface area contributed by atoms with Gasteiger partial charge in [0.25, 0.3) is 0 Å². The van der Waals surface area contributed by atoms with Crippen molar-refractivity contribution in [2.45, 2.75) is 13.0 Å². The highest BCUT2D eigenvalue weighted by Gasteiger charge is 2.34. The summed E-state index contributed by atoms with van der Waals surface area (Å²) in [6, 6.07) is 4.01. The van der Waals surface area contributed by atoms with Crippen molar-refractivity contribution < 1.29 is 14.3 Å². The Morgan fingerprint density at radius 3 is 2.57 bits per heavy atom. The van der Waals surface area contributed by atoms with Crippen LogP contribution in [0.3, 0.4) is 0 Å². The number of hydrogen-bond acceptors (Lipinski definition) is 3. The molecule has 2 amide bonds. The fourth-order valence-corrected chi connectivity index (χ4v) is 2.46. The molecule has 2 rings (SSSR count). The number of amides is 2. The van der Waals surface area contributed by atoms with E-state index in [1.54, 1.807) is 32.2 Å². The van der Waals surface area contributed by atoms with Gasteiger partial charge in [-0.1, -0.05) is 29.3 Å². The Kier molecular flexibility index (Phi) is 4.44. The van der Waals surface area contributed by atoms with Crippen LogP contribution < -0.4 is 5.32 Å². The Bertz CT molecular complexity index is 643. The number of urea groups is 1. The van der Waals surface area contributed by atoms with Crippen molar-refractivity contribution in [3.8, 4) is 0 Å². The Hall–Kier alpha value is -1.72. The lowest BCUT2D eigenvalue weighted by molar-refractivity contribution is -0.136. The van der Waals surface area contributed by atoms with E-state index in [0.29, 0.717) is 26.9 Å². The predicted molar refractivity (Wildman–Crippen MR) is 80.2 cm³/mol. The summed E-state index contributed by atoms with van der Waals surface area (Å²) >= 11 is 11.9. The quantitative estimate of drug-likeness (QED) is 0.848. The Morgan fingerprint density at radius 1 is 1.33 bits per heavy atom. The van der Waals surface area contributed by atoms with E-state index >= 15 is 0 Å². The van der Waals surface area contributed by atoms with Crippen LogP contribution in [0.15, 0.2) is 29.5 Å². The van der Waals surface area contributed by atoms with Crippen molar-refractivity contribution in [2.24, 2.45) is 0 Å². The van der Waals surface area contributed by atoms with E-state index in [2.05, 4.69) is 5.32 Å².